The second-order valence-electron chi connectivity index (χ2n) is 7.70. The fourth-order valence-electron chi connectivity index (χ4n) is 4.33. The van der Waals surface area contributed by atoms with Crippen molar-refractivity contribution in [1.29, 1.82) is 0 Å². The molecule has 1 N–H and O–H groups in total. The summed E-state index contributed by atoms with van der Waals surface area (Å²) < 4.78 is 23.8. The van der Waals surface area contributed by atoms with Crippen molar-refractivity contribution in [2.45, 2.75) is 56.3 Å². The zero-order valence-electron chi connectivity index (χ0n) is 15.3. The highest BCUT2D eigenvalue weighted by atomic mass is 32.2. The fraction of sp³-hybridized carbons (Fsp3) is 0.526. The summed E-state index contributed by atoms with van der Waals surface area (Å²) in [5.41, 5.74) is 1.41. The highest BCUT2D eigenvalue weighted by molar-refractivity contribution is 7.90. The Balaban J connectivity index is 1.55. The molecule has 0 radical (unpaired) electrons. The number of aryl methyl sites for hydroxylation is 1. The molecule has 2 aliphatic carbocycles. The summed E-state index contributed by atoms with van der Waals surface area (Å²) in [6.45, 7) is 0. The number of nitrogens with one attached hydrogen (secondary N) is 1. The van der Waals surface area contributed by atoms with Gasteiger partial charge in [0.1, 0.15) is 5.69 Å². The van der Waals surface area contributed by atoms with Gasteiger partial charge in [-0.05, 0) is 49.7 Å². The van der Waals surface area contributed by atoms with Crippen LogP contribution in [0.3, 0.4) is 0 Å². The third-order valence-corrected chi connectivity index (χ3v) is 7.87. The Morgan fingerprint density at radius 1 is 1.22 bits per heavy atom. The van der Waals surface area contributed by atoms with Crippen molar-refractivity contribution in [3.8, 4) is 0 Å². The fourth-order valence-corrected chi connectivity index (χ4v) is 6.33. The zero-order chi connectivity index (χ0) is 19.1. The van der Waals surface area contributed by atoms with Gasteiger partial charge < -0.3 is 0 Å². The van der Waals surface area contributed by atoms with E-state index in [1.807, 2.05) is 0 Å². The van der Waals surface area contributed by atoms with Gasteiger partial charge in [0.25, 0.3) is 5.91 Å². The number of sulfone groups is 1. The number of pyridine rings is 1. The molecule has 27 heavy (non-hydrogen) atoms. The molecule has 0 aliphatic heterocycles. The van der Waals surface area contributed by atoms with E-state index in [4.69, 9.17) is 0 Å². The first-order chi connectivity index (χ1) is 12.9. The van der Waals surface area contributed by atoms with Crippen LogP contribution in [0.1, 0.15) is 59.6 Å². The largest absolute Gasteiger partial charge is 0.296 e. The van der Waals surface area contributed by atoms with Gasteiger partial charge in [-0.1, -0.05) is 19.3 Å². The third kappa shape index (κ3) is 3.78. The van der Waals surface area contributed by atoms with Crippen LogP contribution in [-0.4, -0.2) is 30.5 Å². The van der Waals surface area contributed by atoms with Crippen molar-refractivity contribution in [3.05, 3.63) is 34.6 Å². The van der Waals surface area contributed by atoms with Crippen LogP contribution in [0.2, 0.25) is 0 Å². The summed E-state index contributed by atoms with van der Waals surface area (Å²) >= 11 is 1.52. The summed E-state index contributed by atoms with van der Waals surface area (Å²) in [6, 6.07) is 2.91. The summed E-state index contributed by atoms with van der Waals surface area (Å²) in [4.78, 5) is 22.4. The lowest BCUT2D eigenvalue weighted by Gasteiger charge is -2.39. The molecule has 0 aromatic carbocycles. The number of hydrogen-bond donors (Lipinski definition) is 1. The SMILES string of the molecule is CS(=O)(=O)c1cccnc1C(=O)Nc1nc2c(s1)CC1(CCCCC1)CC2. The number of rotatable bonds is 3. The number of carbonyl (C=O) groups excluding carboxylic acids is 1. The maximum atomic E-state index is 12.6. The molecule has 1 fully saturated rings. The molecule has 4 rings (SSSR count). The van der Waals surface area contributed by atoms with Gasteiger partial charge in [0.2, 0.25) is 0 Å². The molecule has 2 aliphatic rings. The summed E-state index contributed by atoms with van der Waals surface area (Å²) in [7, 11) is -3.53. The third-order valence-electron chi connectivity index (χ3n) is 5.73. The minimum absolute atomic E-state index is 0.0648. The van der Waals surface area contributed by atoms with Crippen molar-refractivity contribution in [1.82, 2.24) is 9.97 Å². The van der Waals surface area contributed by atoms with E-state index in [1.165, 1.54) is 73.1 Å². The van der Waals surface area contributed by atoms with E-state index in [2.05, 4.69) is 15.3 Å². The van der Waals surface area contributed by atoms with Crippen LogP contribution in [0.5, 0.6) is 0 Å². The van der Waals surface area contributed by atoms with Crippen LogP contribution < -0.4 is 5.32 Å². The molecule has 0 atom stereocenters. The van der Waals surface area contributed by atoms with Crippen LogP contribution >= 0.6 is 11.3 Å². The summed E-state index contributed by atoms with van der Waals surface area (Å²) in [6.07, 6.45) is 12.2. The second kappa shape index (κ2) is 6.98. The maximum Gasteiger partial charge on any atom is 0.277 e. The first-order valence-electron chi connectivity index (χ1n) is 9.31. The molecule has 144 valence electrons. The smallest absolute Gasteiger partial charge is 0.277 e. The summed E-state index contributed by atoms with van der Waals surface area (Å²) in [5.74, 6) is -0.533. The molecular weight excluding hydrogens is 382 g/mol. The molecule has 2 aromatic rings. The Kier molecular flexibility index (Phi) is 4.80. The standard InChI is InChI=1S/C19H23N3O3S2/c1-27(24,25)15-6-5-11-20-16(15)17(23)22-18-21-13-7-10-19(12-14(13)26-18)8-3-2-4-9-19/h5-6,11H,2-4,7-10,12H2,1H3,(H,21,22,23). The average Bonchev–Trinajstić information content (AvgIpc) is 3.02. The number of thiazole rings is 1. The van der Waals surface area contributed by atoms with Crippen molar-refractivity contribution in [3.63, 3.8) is 0 Å². The van der Waals surface area contributed by atoms with Crippen molar-refractivity contribution in [2.75, 3.05) is 11.6 Å². The lowest BCUT2D eigenvalue weighted by molar-refractivity contribution is 0.101. The normalized spacial score (nSPS) is 18.9. The predicted octanol–water partition coefficient (Wildman–Crippen LogP) is 3.63. The lowest BCUT2D eigenvalue weighted by atomic mass is 9.66. The monoisotopic (exact) mass is 405 g/mol. The minimum atomic E-state index is -3.53. The van der Waals surface area contributed by atoms with Crippen LogP contribution in [0.15, 0.2) is 23.2 Å². The molecule has 2 aromatic heterocycles. The number of anilines is 1. The number of hydrogen-bond acceptors (Lipinski definition) is 6. The molecule has 8 heteroatoms. The lowest BCUT2D eigenvalue weighted by Crippen LogP contribution is -2.30. The molecule has 0 unspecified atom stereocenters. The van der Waals surface area contributed by atoms with Gasteiger partial charge in [0.15, 0.2) is 15.0 Å². The van der Waals surface area contributed by atoms with Crippen molar-refractivity contribution >= 4 is 32.2 Å². The van der Waals surface area contributed by atoms with E-state index >= 15 is 0 Å². The Hall–Kier alpha value is -1.80. The highest BCUT2D eigenvalue weighted by Crippen LogP contribution is 2.47. The highest BCUT2D eigenvalue weighted by Gasteiger charge is 2.37. The Bertz CT molecular complexity index is 976. The zero-order valence-corrected chi connectivity index (χ0v) is 17.0. The molecule has 1 spiro atoms. The van der Waals surface area contributed by atoms with Crippen molar-refractivity contribution < 1.29 is 13.2 Å². The predicted molar refractivity (Wildman–Crippen MR) is 105 cm³/mol. The first-order valence-corrected chi connectivity index (χ1v) is 12.0. The van der Waals surface area contributed by atoms with E-state index in [0.717, 1.165) is 24.8 Å². The molecular formula is C19H23N3O3S2. The first kappa shape index (κ1) is 18.6. The van der Waals surface area contributed by atoms with Gasteiger partial charge >= 0.3 is 0 Å². The Morgan fingerprint density at radius 2 is 2.00 bits per heavy atom. The molecule has 0 saturated heterocycles. The van der Waals surface area contributed by atoms with Crippen molar-refractivity contribution in [2.24, 2.45) is 5.41 Å². The quantitative estimate of drug-likeness (QED) is 0.842. The van der Waals surface area contributed by atoms with Gasteiger partial charge in [-0.3, -0.25) is 10.1 Å². The number of amides is 1. The minimum Gasteiger partial charge on any atom is -0.296 e. The molecule has 2 heterocycles. The molecule has 1 saturated carbocycles. The number of fused-ring (bicyclic) bond motifs is 1. The maximum absolute atomic E-state index is 12.6. The Morgan fingerprint density at radius 3 is 2.74 bits per heavy atom. The number of carbonyl (C=O) groups is 1. The molecule has 0 bridgehead atoms. The van der Waals surface area contributed by atoms with E-state index in [9.17, 15) is 13.2 Å². The van der Waals surface area contributed by atoms with Gasteiger partial charge in [-0.25, -0.2) is 18.4 Å². The summed E-state index contributed by atoms with van der Waals surface area (Å²) in [5, 5.41) is 3.29. The van der Waals surface area contributed by atoms with Crippen LogP contribution in [0.4, 0.5) is 5.13 Å². The molecule has 6 nitrogen and oxygen atoms in total. The second-order valence-corrected chi connectivity index (χ2v) is 10.8. The van der Waals surface area contributed by atoms with E-state index in [-0.39, 0.29) is 10.6 Å². The van der Waals surface area contributed by atoms with Crippen LogP contribution in [0, 0.1) is 5.41 Å². The van der Waals surface area contributed by atoms with Gasteiger partial charge in [0, 0.05) is 17.3 Å². The van der Waals surface area contributed by atoms with E-state index in [0.29, 0.717) is 10.5 Å². The number of aromatic nitrogens is 2. The molecule has 1 amide bonds. The van der Waals surface area contributed by atoms with E-state index < -0.39 is 15.7 Å². The van der Waals surface area contributed by atoms with Gasteiger partial charge in [-0.2, -0.15) is 0 Å². The van der Waals surface area contributed by atoms with E-state index in [1.54, 1.807) is 0 Å². The van der Waals surface area contributed by atoms with Gasteiger partial charge in [0.05, 0.1) is 10.6 Å². The van der Waals surface area contributed by atoms with Crippen LogP contribution in [-0.2, 0) is 22.7 Å². The average molecular weight is 406 g/mol. The topological polar surface area (TPSA) is 89.0 Å². The van der Waals surface area contributed by atoms with Gasteiger partial charge in [-0.15, -0.1) is 11.3 Å². The van der Waals surface area contributed by atoms with Crippen LogP contribution in [0.25, 0.3) is 0 Å². The number of nitrogens with zero attached hydrogens (tertiary/aromatic N) is 2. The Labute approximate surface area is 163 Å².